The molecular weight excluding hydrogens is 340 g/mol. The van der Waals surface area contributed by atoms with Gasteiger partial charge in [-0.3, -0.25) is 0 Å². The Kier molecular flexibility index (Phi) is 4.83. The summed E-state index contributed by atoms with van der Waals surface area (Å²) in [7, 11) is 0. The molecule has 2 saturated heterocycles. The van der Waals surface area contributed by atoms with Crippen molar-refractivity contribution in [3.8, 4) is 0 Å². The first-order valence-electron chi connectivity index (χ1n) is 10.6. The number of nitrogens with zero attached hydrogens (tertiary/aromatic N) is 6. The molecule has 0 spiro atoms. The molecule has 2 N–H and O–H groups in total. The quantitative estimate of drug-likeness (QED) is 0.835. The number of hydrogen-bond acceptors (Lipinski definition) is 7. The fourth-order valence-electron chi connectivity index (χ4n) is 4.57. The third kappa shape index (κ3) is 3.48. The summed E-state index contributed by atoms with van der Waals surface area (Å²) in [6.45, 7) is 8.03. The maximum atomic E-state index is 4.95. The van der Waals surface area contributed by atoms with Gasteiger partial charge >= 0.3 is 0 Å². The van der Waals surface area contributed by atoms with Crippen molar-refractivity contribution >= 4 is 17.4 Å². The Labute approximate surface area is 160 Å². The van der Waals surface area contributed by atoms with Gasteiger partial charge < -0.3 is 20.4 Å². The fraction of sp³-hybridized carbons (Fsp3) is 0.737. The minimum Gasteiger partial charge on any atom is -0.354 e. The summed E-state index contributed by atoms with van der Waals surface area (Å²) in [5.41, 5.74) is 0. The van der Waals surface area contributed by atoms with Gasteiger partial charge in [0.05, 0.1) is 0 Å². The van der Waals surface area contributed by atoms with Gasteiger partial charge in [0.2, 0.25) is 0 Å². The average Bonchev–Trinajstić information content (AvgIpc) is 3.19. The molecule has 3 aliphatic rings. The summed E-state index contributed by atoms with van der Waals surface area (Å²) in [6, 6.07) is 2.23. The smallest absolute Gasteiger partial charge is 0.256 e. The van der Waals surface area contributed by atoms with Crippen LogP contribution in [0.5, 0.6) is 0 Å². The minimum atomic E-state index is 0.499. The third-order valence-electron chi connectivity index (χ3n) is 6.15. The van der Waals surface area contributed by atoms with Crippen LogP contribution in [0.4, 0.5) is 11.6 Å². The van der Waals surface area contributed by atoms with Crippen LogP contribution in [0.15, 0.2) is 6.07 Å². The standard InChI is InChI=1S/C19H30N8/c1-2-4-15(5-3-1)18-23-19-22-16(25-10-6-20-7-11-25)14-17(27(19)24-18)26-12-8-21-9-13-26/h14-15,20-21H,1-13H2. The van der Waals surface area contributed by atoms with Crippen LogP contribution in [0.3, 0.4) is 0 Å². The number of nitrogens with one attached hydrogen (secondary N) is 2. The number of fused-ring (bicyclic) bond motifs is 1. The lowest BCUT2D eigenvalue weighted by Crippen LogP contribution is -2.45. The van der Waals surface area contributed by atoms with Crippen LogP contribution in [-0.4, -0.2) is 71.9 Å². The van der Waals surface area contributed by atoms with Gasteiger partial charge in [-0.05, 0) is 12.8 Å². The van der Waals surface area contributed by atoms with E-state index in [0.29, 0.717) is 5.92 Å². The van der Waals surface area contributed by atoms with E-state index in [1.807, 2.05) is 4.52 Å². The molecule has 0 unspecified atom stereocenters. The van der Waals surface area contributed by atoms with Crippen molar-refractivity contribution in [2.24, 2.45) is 0 Å². The normalized spacial score (nSPS) is 22.5. The Morgan fingerprint density at radius 3 is 2.19 bits per heavy atom. The van der Waals surface area contributed by atoms with Crippen molar-refractivity contribution in [3.05, 3.63) is 11.9 Å². The van der Waals surface area contributed by atoms with Crippen LogP contribution < -0.4 is 20.4 Å². The molecule has 4 heterocycles. The number of piperazine rings is 2. The Bertz CT molecular complexity index is 769. The van der Waals surface area contributed by atoms with E-state index in [1.54, 1.807) is 0 Å². The lowest BCUT2D eigenvalue weighted by molar-refractivity contribution is 0.429. The topological polar surface area (TPSA) is 73.6 Å². The van der Waals surface area contributed by atoms with E-state index < -0.39 is 0 Å². The Hall–Kier alpha value is -1.93. The summed E-state index contributed by atoms with van der Waals surface area (Å²) in [5.74, 6) is 4.44. The number of rotatable bonds is 3. The molecule has 1 saturated carbocycles. The Morgan fingerprint density at radius 1 is 0.815 bits per heavy atom. The van der Waals surface area contributed by atoms with Crippen molar-refractivity contribution in [1.29, 1.82) is 0 Å². The van der Waals surface area contributed by atoms with E-state index in [2.05, 4.69) is 26.5 Å². The number of aromatic nitrogens is 4. The van der Waals surface area contributed by atoms with Gasteiger partial charge in [-0.1, -0.05) is 19.3 Å². The maximum Gasteiger partial charge on any atom is 0.256 e. The number of anilines is 2. The predicted octanol–water partition coefficient (Wildman–Crippen LogP) is 0.991. The van der Waals surface area contributed by atoms with Crippen molar-refractivity contribution in [3.63, 3.8) is 0 Å². The first kappa shape index (κ1) is 17.2. The Morgan fingerprint density at radius 2 is 1.48 bits per heavy atom. The van der Waals surface area contributed by atoms with Gasteiger partial charge in [-0.2, -0.15) is 14.5 Å². The molecular formula is C19H30N8. The highest BCUT2D eigenvalue weighted by molar-refractivity contribution is 5.57. The van der Waals surface area contributed by atoms with E-state index in [9.17, 15) is 0 Å². The van der Waals surface area contributed by atoms with Crippen LogP contribution >= 0.6 is 0 Å². The molecule has 3 fully saturated rings. The van der Waals surface area contributed by atoms with Crippen molar-refractivity contribution < 1.29 is 0 Å². The van der Waals surface area contributed by atoms with E-state index in [0.717, 1.165) is 75.6 Å². The zero-order chi connectivity index (χ0) is 18.1. The van der Waals surface area contributed by atoms with E-state index in [-0.39, 0.29) is 0 Å². The monoisotopic (exact) mass is 370 g/mol. The molecule has 1 aliphatic carbocycles. The van der Waals surface area contributed by atoms with Crippen LogP contribution in [0, 0.1) is 0 Å². The molecule has 5 rings (SSSR count). The molecule has 146 valence electrons. The molecule has 8 heteroatoms. The molecule has 8 nitrogen and oxygen atoms in total. The van der Waals surface area contributed by atoms with E-state index in [1.165, 1.54) is 32.1 Å². The van der Waals surface area contributed by atoms with Crippen molar-refractivity contribution in [1.82, 2.24) is 30.2 Å². The van der Waals surface area contributed by atoms with Crippen LogP contribution in [0.1, 0.15) is 43.8 Å². The van der Waals surface area contributed by atoms with E-state index >= 15 is 0 Å². The minimum absolute atomic E-state index is 0.499. The SMILES string of the molecule is c1c(N2CCNCC2)nc2nc(C3CCCCC3)nn2c1N1CCNCC1. The second-order valence-electron chi connectivity index (χ2n) is 7.96. The first-order valence-corrected chi connectivity index (χ1v) is 10.6. The summed E-state index contributed by atoms with van der Waals surface area (Å²) in [5, 5.41) is 11.8. The van der Waals surface area contributed by atoms with Crippen LogP contribution in [-0.2, 0) is 0 Å². The van der Waals surface area contributed by atoms with Gasteiger partial charge in [0.1, 0.15) is 11.6 Å². The van der Waals surface area contributed by atoms with Crippen LogP contribution in [0.25, 0.3) is 5.78 Å². The summed E-state index contributed by atoms with van der Waals surface area (Å²) in [6.07, 6.45) is 6.37. The molecule has 0 bridgehead atoms. The fourth-order valence-corrected chi connectivity index (χ4v) is 4.57. The van der Waals surface area contributed by atoms with Gasteiger partial charge in [0, 0.05) is 64.3 Å². The largest absolute Gasteiger partial charge is 0.354 e. The lowest BCUT2D eigenvalue weighted by Gasteiger charge is -2.32. The van der Waals surface area contributed by atoms with Gasteiger partial charge in [-0.15, -0.1) is 5.10 Å². The van der Waals surface area contributed by atoms with Crippen molar-refractivity contribution in [2.75, 3.05) is 62.2 Å². The van der Waals surface area contributed by atoms with Gasteiger partial charge in [0.15, 0.2) is 5.82 Å². The van der Waals surface area contributed by atoms with Gasteiger partial charge in [-0.25, -0.2) is 0 Å². The maximum absolute atomic E-state index is 4.95. The predicted molar refractivity (Wildman–Crippen MR) is 107 cm³/mol. The molecule has 0 radical (unpaired) electrons. The summed E-state index contributed by atoms with van der Waals surface area (Å²) in [4.78, 5) is 14.6. The average molecular weight is 371 g/mol. The summed E-state index contributed by atoms with van der Waals surface area (Å²) >= 11 is 0. The molecule has 2 aromatic rings. The lowest BCUT2D eigenvalue weighted by atomic mass is 9.89. The number of hydrogen-bond donors (Lipinski definition) is 2. The highest BCUT2D eigenvalue weighted by Gasteiger charge is 2.24. The zero-order valence-corrected chi connectivity index (χ0v) is 16.0. The second kappa shape index (κ2) is 7.59. The van der Waals surface area contributed by atoms with Crippen LogP contribution in [0.2, 0.25) is 0 Å². The molecule has 0 atom stereocenters. The van der Waals surface area contributed by atoms with Gasteiger partial charge in [0.25, 0.3) is 5.78 Å². The molecule has 0 aromatic carbocycles. The Balaban J connectivity index is 1.55. The third-order valence-corrected chi connectivity index (χ3v) is 6.15. The molecule has 2 aromatic heterocycles. The first-order chi connectivity index (χ1) is 13.4. The molecule has 2 aliphatic heterocycles. The van der Waals surface area contributed by atoms with E-state index in [4.69, 9.17) is 15.1 Å². The zero-order valence-electron chi connectivity index (χ0n) is 16.0. The highest BCUT2D eigenvalue weighted by atomic mass is 15.4. The summed E-state index contributed by atoms with van der Waals surface area (Å²) < 4.78 is 2.00. The molecule has 27 heavy (non-hydrogen) atoms. The second-order valence-corrected chi connectivity index (χ2v) is 7.96. The van der Waals surface area contributed by atoms with Crippen molar-refractivity contribution in [2.45, 2.75) is 38.0 Å². The molecule has 0 amide bonds. The highest BCUT2D eigenvalue weighted by Crippen LogP contribution is 2.32.